The molecule has 0 heterocycles. The average molecular weight is 218 g/mol. The Morgan fingerprint density at radius 2 is 1.81 bits per heavy atom. The SMILES string of the molecule is COc1ccc2c(c1)C(=O)C(=O)C(C)=C2O. The zero-order chi connectivity index (χ0) is 11.9. The fourth-order valence-corrected chi connectivity index (χ4v) is 1.65. The Hall–Kier alpha value is -2.10. The molecule has 0 amide bonds. The van der Waals surface area contributed by atoms with Gasteiger partial charge >= 0.3 is 0 Å². The van der Waals surface area contributed by atoms with Gasteiger partial charge in [0.2, 0.25) is 11.6 Å². The minimum absolute atomic E-state index is 0.0858. The number of aliphatic hydroxyl groups excluding tert-OH is 1. The first-order valence-electron chi connectivity index (χ1n) is 4.73. The lowest BCUT2D eigenvalue weighted by molar-refractivity contribution is -0.111. The van der Waals surface area contributed by atoms with Crippen molar-refractivity contribution < 1.29 is 19.4 Å². The maximum Gasteiger partial charge on any atom is 0.234 e. The smallest absolute Gasteiger partial charge is 0.234 e. The van der Waals surface area contributed by atoms with E-state index in [4.69, 9.17) is 4.74 Å². The highest BCUT2D eigenvalue weighted by Gasteiger charge is 2.30. The molecule has 0 saturated heterocycles. The molecule has 4 heteroatoms. The molecule has 0 bridgehead atoms. The van der Waals surface area contributed by atoms with Gasteiger partial charge in [-0.1, -0.05) is 0 Å². The maximum absolute atomic E-state index is 11.7. The highest BCUT2D eigenvalue weighted by Crippen LogP contribution is 2.29. The van der Waals surface area contributed by atoms with Gasteiger partial charge in [0.15, 0.2) is 0 Å². The van der Waals surface area contributed by atoms with Gasteiger partial charge in [-0.15, -0.1) is 0 Å². The van der Waals surface area contributed by atoms with E-state index in [0.29, 0.717) is 11.3 Å². The quantitative estimate of drug-likeness (QED) is 0.729. The van der Waals surface area contributed by atoms with Crippen molar-refractivity contribution in [2.75, 3.05) is 7.11 Å². The molecule has 82 valence electrons. The zero-order valence-corrected chi connectivity index (χ0v) is 8.90. The van der Waals surface area contributed by atoms with E-state index in [1.165, 1.54) is 20.1 Å². The van der Waals surface area contributed by atoms with Crippen LogP contribution in [0.25, 0.3) is 5.76 Å². The van der Waals surface area contributed by atoms with E-state index in [1.807, 2.05) is 0 Å². The van der Waals surface area contributed by atoms with Crippen molar-refractivity contribution in [2.45, 2.75) is 6.92 Å². The number of fused-ring (bicyclic) bond motifs is 1. The maximum atomic E-state index is 11.7. The molecule has 1 N–H and O–H groups in total. The molecular formula is C12H10O4. The van der Waals surface area contributed by atoms with Gasteiger partial charge < -0.3 is 9.84 Å². The predicted molar refractivity (Wildman–Crippen MR) is 57.6 cm³/mol. The first kappa shape index (κ1) is 10.4. The van der Waals surface area contributed by atoms with E-state index in [2.05, 4.69) is 0 Å². The molecule has 0 aliphatic heterocycles. The summed E-state index contributed by atoms with van der Waals surface area (Å²) in [5.41, 5.74) is 0.651. The van der Waals surface area contributed by atoms with Crippen molar-refractivity contribution in [1.29, 1.82) is 0 Å². The van der Waals surface area contributed by atoms with Crippen molar-refractivity contribution in [1.82, 2.24) is 0 Å². The van der Waals surface area contributed by atoms with Gasteiger partial charge in [-0.05, 0) is 25.1 Å². The standard InChI is InChI=1S/C12H10O4/c1-6-10(13)8-4-3-7(16-2)5-9(8)12(15)11(6)14/h3-5,13H,1-2H3. The Balaban J connectivity index is 2.71. The predicted octanol–water partition coefficient (Wildman–Crippen LogP) is 1.75. The van der Waals surface area contributed by atoms with E-state index in [-0.39, 0.29) is 16.9 Å². The van der Waals surface area contributed by atoms with Crippen LogP contribution in [0.15, 0.2) is 23.8 Å². The summed E-state index contributed by atoms with van der Waals surface area (Å²) in [7, 11) is 1.47. The number of methoxy groups -OCH3 is 1. The minimum atomic E-state index is -0.668. The largest absolute Gasteiger partial charge is 0.507 e. The highest BCUT2D eigenvalue weighted by molar-refractivity contribution is 6.52. The number of benzene rings is 1. The number of ketones is 2. The number of ether oxygens (including phenoxy) is 1. The van der Waals surface area contributed by atoms with Crippen molar-refractivity contribution in [3.63, 3.8) is 0 Å². The van der Waals surface area contributed by atoms with E-state index >= 15 is 0 Å². The van der Waals surface area contributed by atoms with Crippen LogP contribution in [0.4, 0.5) is 0 Å². The Labute approximate surface area is 92.2 Å². The molecule has 0 spiro atoms. The second-order valence-electron chi connectivity index (χ2n) is 3.54. The van der Waals surface area contributed by atoms with Gasteiger partial charge in [0.25, 0.3) is 0 Å². The van der Waals surface area contributed by atoms with Crippen molar-refractivity contribution in [3.8, 4) is 5.75 Å². The van der Waals surface area contributed by atoms with Gasteiger partial charge in [0, 0.05) is 16.7 Å². The average Bonchev–Trinajstić information content (AvgIpc) is 2.33. The Kier molecular flexibility index (Phi) is 2.27. The minimum Gasteiger partial charge on any atom is -0.507 e. The Morgan fingerprint density at radius 3 is 2.44 bits per heavy atom. The molecule has 0 saturated carbocycles. The topological polar surface area (TPSA) is 63.6 Å². The molecule has 2 rings (SSSR count). The van der Waals surface area contributed by atoms with Gasteiger partial charge in [-0.2, -0.15) is 0 Å². The first-order chi connectivity index (χ1) is 7.56. The summed E-state index contributed by atoms with van der Waals surface area (Å²) in [6.45, 7) is 1.43. The zero-order valence-electron chi connectivity index (χ0n) is 8.90. The van der Waals surface area contributed by atoms with Crippen LogP contribution in [0, 0.1) is 0 Å². The third-order valence-electron chi connectivity index (χ3n) is 2.63. The van der Waals surface area contributed by atoms with E-state index in [0.717, 1.165) is 0 Å². The number of carbonyl (C=O) groups excluding carboxylic acids is 2. The van der Waals surface area contributed by atoms with Crippen LogP contribution in [-0.4, -0.2) is 23.8 Å². The molecule has 0 fully saturated rings. The lowest BCUT2D eigenvalue weighted by atomic mass is 9.89. The summed E-state index contributed by atoms with van der Waals surface area (Å²) in [6, 6.07) is 4.65. The molecule has 0 radical (unpaired) electrons. The highest BCUT2D eigenvalue weighted by atomic mass is 16.5. The van der Waals surface area contributed by atoms with E-state index in [1.54, 1.807) is 12.1 Å². The number of hydrogen-bond acceptors (Lipinski definition) is 4. The number of Topliss-reactive ketones (excluding diaryl/α,β-unsaturated/α-hetero) is 2. The third-order valence-corrected chi connectivity index (χ3v) is 2.63. The third kappa shape index (κ3) is 1.31. The molecule has 1 aliphatic rings. The Morgan fingerprint density at radius 1 is 1.12 bits per heavy atom. The number of allylic oxidation sites excluding steroid dienone is 1. The fourth-order valence-electron chi connectivity index (χ4n) is 1.65. The van der Waals surface area contributed by atoms with Gasteiger partial charge in [-0.25, -0.2) is 0 Å². The Bertz CT molecular complexity index is 526. The summed E-state index contributed by atoms with van der Waals surface area (Å²) < 4.78 is 4.96. The second-order valence-corrected chi connectivity index (χ2v) is 3.54. The number of rotatable bonds is 1. The summed E-state index contributed by atoms with van der Waals surface area (Å²) in [4.78, 5) is 23.2. The molecule has 1 aromatic carbocycles. The summed E-state index contributed by atoms with van der Waals surface area (Å²) in [5, 5.41) is 9.75. The van der Waals surface area contributed by atoms with E-state index < -0.39 is 11.6 Å². The van der Waals surface area contributed by atoms with Crippen LogP contribution >= 0.6 is 0 Å². The summed E-state index contributed by atoms with van der Waals surface area (Å²) >= 11 is 0. The van der Waals surface area contributed by atoms with E-state index in [9.17, 15) is 14.7 Å². The normalized spacial score (nSPS) is 15.1. The van der Waals surface area contributed by atoms with Crippen LogP contribution in [0.5, 0.6) is 5.75 Å². The van der Waals surface area contributed by atoms with Crippen LogP contribution in [0.3, 0.4) is 0 Å². The summed E-state index contributed by atoms with van der Waals surface area (Å²) in [6.07, 6.45) is 0. The van der Waals surface area contributed by atoms with Gasteiger partial charge in [0.05, 0.1) is 7.11 Å². The van der Waals surface area contributed by atoms with Crippen molar-refractivity contribution in [2.24, 2.45) is 0 Å². The van der Waals surface area contributed by atoms with Crippen molar-refractivity contribution in [3.05, 3.63) is 34.9 Å². The van der Waals surface area contributed by atoms with Gasteiger partial charge in [-0.3, -0.25) is 9.59 Å². The summed E-state index contributed by atoms with van der Waals surface area (Å²) in [5.74, 6) is -0.933. The number of hydrogen-bond donors (Lipinski definition) is 1. The molecule has 0 atom stereocenters. The number of carbonyl (C=O) groups is 2. The van der Waals surface area contributed by atoms with Crippen LogP contribution < -0.4 is 4.74 Å². The molecular weight excluding hydrogens is 208 g/mol. The molecule has 1 aliphatic carbocycles. The lowest BCUT2D eigenvalue weighted by Gasteiger charge is -2.16. The monoisotopic (exact) mass is 218 g/mol. The molecule has 0 unspecified atom stereocenters. The first-order valence-corrected chi connectivity index (χ1v) is 4.73. The van der Waals surface area contributed by atoms with Crippen LogP contribution in [0.2, 0.25) is 0 Å². The molecule has 16 heavy (non-hydrogen) atoms. The molecule has 1 aromatic rings. The van der Waals surface area contributed by atoms with Gasteiger partial charge in [0.1, 0.15) is 11.5 Å². The second kappa shape index (κ2) is 3.48. The van der Waals surface area contributed by atoms with Crippen LogP contribution in [-0.2, 0) is 4.79 Å². The lowest BCUT2D eigenvalue weighted by Crippen LogP contribution is -2.22. The van der Waals surface area contributed by atoms with Crippen molar-refractivity contribution >= 4 is 17.3 Å². The molecule has 0 aromatic heterocycles. The fraction of sp³-hybridized carbons (Fsp3) is 0.167. The number of aliphatic hydroxyl groups is 1. The van der Waals surface area contributed by atoms with Crippen LogP contribution in [0.1, 0.15) is 22.8 Å². The molecule has 4 nitrogen and oxygen atoms in total.